The summed E-state index contributed by atoms with van der Waals surface area (Å²) in [7, 11) is 0. The Morgan fingerprint density at radius 2 is 2.03 bits per heavy atom. The molecule has 1 amide bonds. The van der Waals surface area contributed by atoms with Crippen LogP contribution in [0.25, 0.3) is 22.4 Å². The van der Waals surface area contributed by atoms with Crippen LogP contribution < -0.4 is 10.9 Å². The third kappa shape index (κ3) is 4.81. The number of H-pyrrole nitrogens is 2. The zero-order chi connectivity index (χ0) is 25.4. The van der Waals surface area contributed by atoms with Crippen molar-refractivity contribution >= 4 is 34.0 Å². The quantitative estimate of drug-likeness (QED) is 0.301. The molecule has 3 N–H and O–H groups in total. The lowest BCUT2D eigenvalue weighted by atomic mass is 10.1. The fraction of sp³-hybridized carbons (Fsp3) is 0.393. The molecular formula is C28H32N6O2S. The number of thiophene rings is 1. The maximum atomic E-state index is 13.1. The first-order valence-corrected chi connectivity index (χ1v) is 14.0. The van der Waals surface area contributed by atoms with Crippen LogP contribution in [0.2, 0.25) is 0 Å². The highest BCUT2D eigenvalue weighted by molar-refractivity contribution is 7.10. The number of hydrogen-bond acceptors (Lipinski definition) is 6. The summed E-state index contributed by atoms with van der Waals surface area (Å²) in [6, 6.07) is 9.94. The predicted octanol–water partition coefficient (Wildman–Crippen LogP) is 4.64. The summed E-state index contributed by atoms with van der Waals surface area (Å²) < 4.78 is 0. The lowest BCUT2D eigenvalue weighted by molar-refractivity contribution is 0.0772. The maximum absolute atomic E-state index is 13.1. The van der Waals surface area contributed by atoms with Crippen LogP contribution in [0.4, 0.5) is 5.69 Å². The third-order valence-corrected chi connectivity index (χ3v) is 8.62. The highest BCUT2D eigenvalue weighted by Crippen LogP contribution is 2.30. The van der Waals surface area contributed by atoms with E-state index in [0.717, 1.165) is 47.4 Å². The number of imidazole rings is 1. The van der Waals surface area contributed by atoms with Gasteiger partial charge in [0.05, 0.1) is 16.7 Å². The second-order valence-electron chi connectivity index (χ2n) is 10.1. The van der Waals surface area contributed by atoms with E-state index in [-0.39, 0.29) is 11.5 Å². The van der Waals surface area contributed by atoms with Crippen LogP contribution in [0.5, 0.6) is 0 Å². The molecule has 6 rings (SSSR count). The molecule has 1 saturated heterocycles. The molecule has 4 aromatic rings. The number of benzene rings is 1. The van der Waals surface area contributed by atoms with E-state index in [2.05, 4.69) is 44.6 Å². The van der Waals surface area contributed by atoms with Crippen molar-refractivity contribution in [1.82, 2.24) is 24.8 Å². The van der Waals surface area contributed by atoms with Gasteiger partial charge in [0.15, 0.2) is 0 Å². The molecule has 192 valence electrons. The molecule has 0 spiro atoms. The van der Waals surface area contributed by atoms with E-state index >= 15 is 0 Å². The molecule has 0 aliphatic carbocycles. The smallest absolute Gasteiger partial charge is 0.261 e. The van der Waals surface area contributed by atoms with E-state index in [0.29, 0.717) is 30.4 Å². The third-order valence-electron chi connectivity index (χ3n) is 7.51. The molecule has 8 nitrogen and oxygen atoms in total. The Morgan fingerprint density at radius 3 is 2.84 bits per heavy atom. The molecule has 2 aliphatic rings. The molecule has 5 heterocycles. The maximum Gasteiger partial charge on any atom is 0.261 e. The van der Waals surface area contributed by atoms with Crippen molar-refractivity contribution in [3.8, 4) is 11.4 Å². The van der Waals surface area contributed by atoms with Crippen molar-refractivity contribution in [2.45, 2.75) is 38.6 Å². The first-order chi connectivity index (χ1) is 18.1. The lowest BCUT2D eigenvalue weighted by Crippen LogP contribution is -2.29. The van der Waals surface area contributed by atoms with Crippen LogP contribution in [-0.4, -0.2) is 63.4 Å². The lowest BCUT2D eigenvalue weighted by Gasteiger charge is -2.19. The molecule has 0 bridgehead atoms. The summed E-state index contributed by atoms with van der Waals surface area (Å²) in [5, 5.41) is 5.52. The number of aromatic nitrogens is 3. The van der Waals surface area contributed by atoms with E-state index in [1.165, 1.54) is 30.8 Å². The molecule has 2 aliphatic heterocycles. The van der Waals surface area contributed by atoms with Crippen molar-refractivity contribution < 1.29 is 4.79 Å². The van der Waals surface area contributed by atoms with Crippen molar-refractivity contribution in [1.29, 1.82) is 0 Å². The Hall–Kier alpha value is -3.43. The van der Waals surface area contributed by atoms with Crippen LogP contribution in [0.3, 0.4) is 0 Å². The Kier molecular flexibility index (Phi) is 6.56. The van der Waals surface area contributed by atoms with E-state index in [4.69, 9.17) is 4.98 Å². The number of nitrogens with zero attached hydrogens (tertiary/aromatic N) is 3. The first-order valence-electron chi connectivity index (χ1n) is 13.1. The summed E-state index contributed by atoms with van der Waals surface area (Å²) in [6.45, 7) is 7.68. The number of anilines is 1. The zero-order valence-electron chi connectivity index (χ0n) is 21.0. The monoisotopic (exact) mass is 516 g/mol. The Balaban J connectivity index is 1.20. The van der Waals surface area contributed by atoms with Crippen molar-refractivity contribution in [3.63, 3.8) is 0 Å². The van der Waals surface area contributed by atoms with Gasteiger partial charge in [0, 0.05) is 42.2 Å². The molecule has 1 aromatic carbocycles. The predicted molar refractivity (Wildman–Crippen MR) is 148 cm³/mol. The van der Waals surface area contributed by atoms with Gasteiger partial charge in [0.1, 0.15) is 11.4 Å². The number of carbonyl (C=O) groups excluding carboxylic acids is 1. The summed E-state index contributed by atoms with van der Waals surface area (Å²) in [5.74, 6) is 0.897. The Labute approximate surface area is 219 Å². The number of hydrogen-bond donors (Lipinski definition) is 3. The first kappa shape index (κ1) is 23.9. The largest absolute Gasteiger partial charge is 0.384 e. The van der Waals surface area contributed by atoms with Gasteiger partial charge in [-0.25, -0.2) is 4.98 Å². The second kappa shape index (κ2) is 10.1. The van der Waals surface area contributed by atoms with Crippen LogP contribution >= 0.6 is 11.3 Å². The number of nitrogens with one attached hydrogen (secondary N) is 3. The minimum absolute atomic E-state index is 0.0805. The van der Waals surface area contributed by atoms with Crippen LogP contribution in [0.1, 0.15) is 52.9 Å². The van der Waals surface area contributed by atoms with Crippen LogP contribution in [0.15, 0.2) is 46.7 Å². The van der Waals surface area contributed by atoms with Gasteiger partial charge in [-0.3, -0.25) is 9.59 Å². The van der Waals surface area contributed by atoms with E-state index in [1.807, 2.05) is 23.1 Å². The molecular weight excluding hydrogens is 484 g/mol. The van der Waals surface area contributed by atoms with E-state index < -0.39 is 0 Å². The van der Waals surface area contributed by atoms with Gasteiger partial charge in [0.2, 0.25) is 0 Å². The van der Waals surface area contributed by atoms with E-state index in [1.54, 1.807) is 17.5 Å². The summed E-state index contributed by atoms with van der Waals surface area (Å²) in [6.07, 6.45) is 5.22. The van der Waals surface area contributed by atoms with Crippen LogP contribution in [-0.2, 0) is 6.54 Å². The normalized spacial score (nSPS) is 16.6. The summed E-state index contributed by atoms with van der Waals surface area (Å²) in [5.41, 5.74) is 4.27. The fourth-order valence-electron chi connectivity index (χ4n) is 5.46. The number of rotatable bonds is 9. The molecule has 1 atom stereocenters. The number of likely N-dealkylation sites (tertiary alicyclic amines) is 1. The minimum atomic E-state index is -0.208. The van der Waals surface area contributed by atoms with Crippen LogP contribution in [0, 0.1) is 0 Å². The van der Waals surface area contributed by atoms with Crippen molar-refractivity contribution in [3.05, 3.63) is 68.3 Å². The molecule has 0 saturated carbocycles. The number of aromatic amines is 2. The van der Waals surface area contributed by atoms with Gasteiger partial charge in [0.25, 0.3) is 11.5 Å². The van der Waals surface area contributed by atoms with Crippen molar-refractivity contribution in [2.75, 3.05) is 38.0 Å². The molecule has 1 fully saturated rings. The molecule has 37 heavy (non-hydrogen) atoms. The summed E-state index contributed by atoms with van der Waals surface area (Å²) >= 11 is 1.73. The van der Waals surface area contributed by atoms with Gasteiger partial charge in [-0.1, -0.05) is 13.0 Å². The zero-order valence-corrected chi connectivity index (χ0v) is 21.9. The molecule has 0 radical (unpaired) electrons. The standard InChI is InChI=1S/C28H32N6O2S/c1-18(24-6-4-13-37-24)16-30-21-7-8-29-27(35)25(21)26-31-22-14-19-17-34(12-5-11-33-9-2-3-10-33)28(36)20(19)15-23(22)32-26/h4,6-8,13-15,18H,2-3,5,9-12,16-17H2,1H3,(H,31,32)(H2,29,30,35). The average molecular weight is 517 g/mol. The highest BCUT2D eigenvalue weighted by atomic mass is 32.1. The average Bonchev–Trinajstić information content (AvgIpc) is 3.70. The second-order valence-corrected chi connectivity index (χ2v) is 11.1. The Morgan fingerprint density at radius 1 is 1.16 bits per heavy atom. The molecule has 1 unspecified atom stereocenters. The van der Waals surface area contributed by atoms with Gasteiger partial charge in [-0.2, -0.15) is 0 Å². The van der Waals surface area contributed by atoms with Gasteiger partial charge >= 0.3 is 0 Å². The number of fused-ring (bicyclic) bond motifs is 2. The van der Waals surface area contributed by atoms with E-state index in [9.17, 15) is 9.59 Å². The number of amides is 1. The topological polar surface area (TPSA) is 97.1 Å². The van der Waals surface area contributed by atoms with Crippen molar-refractivity contribution in [2.24, 2.45) is 0 Å². The fourth-order valence-corrected chi connectivity index (χ4v) is 6.25. The Bertz CT molecular complexity index is 1470. The number of pyridine rings is 1. The summed E-state index contributed by atoms with van der Waals surface area (Å²) in [4.78, 5) is 42.6. The van der Waals surface area contributed by atoms with Gasteiger partial charge < -0.3 is 25.1 Å². The van der Waals surface area contributed by atoms with Gasteiger partial charge in [-0.05, 0) is 74.1 Å². The minimum Gasteiger partial charge on any atom is -0.384 e. The SMILES string of the molecule is CC(CNc1cc[nH]c(=O)c1-c1nc2cc3c(cc2[nH]1)C(=O)N(CCCN1CCCC1)C3)c1cccs1. The highest BCUT2D eigenvalue weighted by Gasteiger charge is 2.28. The number of carbonyl (C=O) groups is 1. The molecule has 9 heteroatoms. The van der Waals surface area contributed by atoms with Gasteiger partial charge in [-0.15, -0.1) is 11.3 Å². The molecule has 3 aromatic heterocycles.